The average Bonchev–Trinajstić information content (AvgIpc) is 2.03. The normalized spacial score (nSPS) is 9.50. The summed E-state index contributed by atoms with van der Waals surface area (Å²) in [5.74, 6) is -0.639. The maximum absolute atomic E-state index is 11.0. The predicted octanol–water partition coefficient (Wildman–Crippen LogP) is 0.0242. The van der Waals surface area contributed by atoms with E-state index in [-0.39, 0.29) is 5.69 Å². The molecule has 0 aliphatic heterocycles. The van der Waals surface area contributed by atoms with Gasteiger partial charge in [0.25, 0.3) is 0 Å². The number of esters is 1. The zero-order valence-corrected chi connectivity index (χ0v) is 6.83. The fourth-order valence-electron chi connectivity index (χ4n) is 0.878. The number of nitrogens with one attached hydrogen (secondary N) is 1. The van der Waals surface area contributed by atoms with Gasteiger partial charge in [-0.25, -0.2) is 4.79 Å². The van der Waals surface area contributed by atoms with Crippen molar-refractivity contribution in [1.29, 1.82) is 0 Å². The zero-order chi connectivity index (χ0) is 9.14. The third-order valence-electron chi connectivity index (χ3n) is 1.46. The van der Waals surface area contributed by atoms with Gasteiger partial charge in [0.2, 0.25) is 6.20 Å². The number of nitrogens with zero attached hydrogens (tertiary/aromatic N) is 1. The van der Waals surface area contributed by atoms with Crippen molar-refractivity contribution in [3.8, 4) is 0 Å². The van der Waals surface area contributed by atoms with Crippen LogP contribution in [-0.4, -0.2) is 18.1 Å². The van der Waals surface area contributed by atoms with Crippen LogP contribution in [0.15, 0.2) is 12.4 Å². The van der Waals surface area contributed by atoms with Crippen LogP contribution >= 0.6 is 0 Å². The molecule has 5 heteroatoms. The number of hydrogen-bond donors (Lipinski definition) is 1. The molecule has 0 bridgehead atoms. The Hall–Kier alpha value is -1.65. The second-order valence-electron chi connectivity index (χ2n) is 2.25. The molecular weight excluding hydrogens is 160 g/mol. The minimum absolute atomic E-state index is 0.0139. The Bertz CT molecular complexity index is 356. The van der Waals surface area contributed by atoms with Crippen LogP contribution in [0.2, 0.25) is 0 Å². The van der Waals surface area contributed by atoms with Gasteiger partial charge in [-0.1, -0.05) is 0 Å². The number of aromatic amines is 1. The summed E-state index contributed by atoms with van der Waals surface area (Å²) < 4.78 is 4.89. The van der Waals surface area contributed by atoms with Crippen LogP contribution in [-0.2, 0) is 4.74 Å². The molecule has 64 valence electrons. The molecule has 1 rings (SSSR count). The topological polar surface area (TPSA) is 65.1 Å². The number of methoxy groups -OCH3 is 1. The first-order valence-electron chi connectivity index (χ1n) is 3.35. The second kappa shape index (κ2) is 3.17. The van der Waals surface area contributed by atoms with Crippen LogP contribution in [0.3, 0.4) is 0 Å². The van der Waals surface area contributed by atoms with Crippen LogP contribution in [0, 0.1) is 11.8 Å². The van der Waals surface area contributed by atoms with Gasteiger partial charge in [0, 0.05) is 4.91 Å². The van der Waals surface area contributed by atoms with Gasteiger partial charge in [0.15, 0.2) is 0 Å². The monoisotopic (exact) mass is 169 g/mol. The Balaban J connectivity index is 3.31. The molecule has 0 atom stereocenters. The Labute approximate surface area is 68.6 Å². The van der Waals surface area contributed by atoms with Crippen molar-refractivity contribution in [2.24, 2.45) is 0 Å². The molecule has 0 saturated carbocycles. The molecule has 12 heavy (non-hydrogen) atoms. The summed E-state index contributed by atoms with van der Waals surface area (Å²) in [6.45, 7) is 1.63. The van der Waals surface area contributed by atoms with Gasteiger partial charge in [-0.05, 0) is 6.92 Å². The van der Waals surface area contributed by atoms with E-state index in [9.17, 15) is 9.70 Å². The van der Waals surface area contributed by atoms with E-state index >= 15 is 0 Å². The number of carbonyl (C=O) groups excluding carboxylic acids is 1. The molecule has 0 amide bonds. The summed E-state index contributed by atoms with van der Waals surface area (Å²) >= 11 is 0. The first kappa shape index (κ1) is 8.45. The van der Waals surface area contributed by atoms with E-state index in [1.807, 2.05) is 0 Å². The maximum Gasteiger partial charge on any atom is 0.410 e. The van der Waals surface area contributed by atoms with E-state index in [0.717, 1.165) is 0 Å². The summed E-state index contributed by atoms with van der Waals surface area (Å²) in [4.78, 5) is 24.8. The Morgan fingerprint density at radius 3 is 2.83 bits per heavy atom. The average molecular weight is 169 g/mol. The number of ether oxygens (including phenoxy) is 1. The summed E-state index contributed by atoms with van der Waals surface area (Å²) in [5.41, 5.74) is 0.472. The third kappa shape index (κ3) is 1.34. The number of H-pyrrole nitrogens is 1. The van der Waals surface area contributed by atoms with E-state index in [2.05, 4.69) is 9.72 Å². The van der Waals surface area contributed by atoms with Crippen LogP contribution < -0.4 is 4.43 Å². The lowest BCUT2D eigenvalue weighted by Gasteiger charge is -1.93. The smallest absolute Gasteiger partial charge is 0.410 e. The van der Waals surface area contributed by atoms with E-state index < -0.39 is 5.97 Å². The Morgan fingerprint density at radius 2 is 2.33 bits per heavy atom. The summed E-state index contributed by atoms with van der Waals surface area (Å²) in [7, 11) is 1.23. The highest BCUT2D eigenvalue weighted by molar-refractivity contribution is 5.86. The highest BCUT2D eigenvalue weighted by atomic mass is 16.5. The maximum atomic E-state index is 11.0. The van der Waals surface area contributed by atoms with Crippen LogP contribution in [0.5, 0.6) is 0 Å². The molecule has 0 fully saturated rings. The van der Waals surface area contributed by atoms with Gasteiger partial charge >= 0.3 is 11.7 Å². The molecule has 5 nitrogen and oxygen atoms in total. The Kier molecular flexibility index (Phi) is 2.23. The molecule has 1 aromatic rings. The van der Waals surface area contributed by atoms with Crippen molar-refractivity contribution >= 4 is 5.97 Å². The van der Waals surface area contributed by atoms with Crippen molar-refractivity contribution in [1.82, 2.24) is 4.98 Å². The minimum Gasteiger partial charge on any atom is -0.461 e. The molecule has 0 saturated heterocycles. The molecule has 0 spiro atoms. The molecule has 0 unspecified atom stereocenters. The quantitative estimate of drug-likeness (QED) is 0.476. The van der Waals surface area contributed by atoms with E-state index in [4.69, 9.17) is 0 Å². The number of hydrogen-bond acceptors (Lipinski definition) is 3. The number of carbonyl (C=O) groups is 1. The van der Waals surface area contributed by atoms with Crippen molar-refractivity contribution < 1.29 is 14.0 Å². The largest absolute Gasteiger partial charge is 0.461 e. The summed E-state index contributed by atoms with van der Waals surface area (Å²) in [6.07, 6.45) is 2.66. The van der Waals surface area contributed by atoms with Crippen molar-refractivity contribution in [2.45, 2.75) is 6.92 Å². The zero-order valence-electron chi connectivity index (χ0n) is 6.83. The van der Waals surface area contributed by atoms with Crippen molar-refractivity contribution in [3.63, 3.8) is 0 Å². The molecule has 1 heterocycles. The lowest BCUT2D eigenvalue weighted by molar-refractivity contribution is -0.499. The molecule has 1 aromatic heterocycles. The summed E-state index contributed by atoms with van der Waals surface area (Å²) in [6, 6.07) is 0. The van der Waals surface area contributed by atoms with Gasteiger partial charge in [0.05, 0.1) is 23.4 Å². The molecule has 0 aromatic carbocycles. The standard InChI is InChI=1S/C7H8N2O3/c1-5-6(7(10)12-2)9(11)4-3-8-5/h3-4H,1-2H3/p+1. The molecule has 1 N–H and O–H groups in total. The summed E-state index contributed by atoms with van der Waals surface area (Å²) in [5, 5.41) is 0. The first-order valence-corrected chi connectivity index (χ1v) is 3.35. The van der Waals surface area contributed by atoms with Crippen molar-refractivity contribution in [2.75, 3.05) is 7.11 Å². The van der Waals surface area contributed by atoms with Crippen LogP contribution in [0.1, 0.15) is 16.2 Å². The molecule has 0 radical (unpaired) electrons. The minimum atomic E-state index is -0.639. The lowest BCUT2D eigenvalue weighted by Crippen LogP contribution is -2.27. The fourth-order valence-corrected chi connectivity index (χ4v) is 0.878. The fraction of sp³-hybridized carbons (Fsp3) is 0.286. The van der Waals surface area contributed by atoms with Gasteiger partial charge in [-0.3, -0.25) is 0 Å². The molecule has 0 aliphatic carbocycles. The van der Waals surface area contributed by atoms with Crippen LogP contribution in [0.25, 0.3) is 0 Å². The number of rotatable bonds is 1. The lowest BCUT2D eigenvalue weighted by atomic mass is 10.3. The highest BCUT2D eigenvalue weighted by Crippen LogP contribution is 1.97. The van der Waals surface area contributed by atoms with Gasteiger partial charge in [-0.15, -0.1) is 0 Å². The molecular formula is C7H9N2O3+. The van der Waals surface area contributed by atoms with Gasteiger partial charge in [0.1, 0.15) is 0 Å². The van der Waals surface area contributed by atoms with E-state index in [0.29, 0.717) is 10.1 Å². The Morgan fingerprint density at radius 1 is 1.67 bits per heavy atom. The SMILES string of the molecule is COC(=O)c1c(C)[nH]cc[n+]1=O. The number of aromatic nitrogens is 2. The van der Waals surface area contributed by atoms with Crippen molar-refractivity contribution in [3.05, 3.63) is 28.7 Å². The van der Waals surface area contributed by atoms with Crippen LogP contribution in [0.4, 0.5) is 0 Å². The first-order chi connectivity index (χ1) is 5.66. The highest BCUT2D eigenvalue weighted by Gasteiger charge is 2.22. The van der Waals surface area contributed by atoms with E-state index in [1.165, 1.54) is 19.5 Å². The van der Waals surface area contributed by atoms with Gasteiger partial charge in [-0.2, -0.15) is 0 Å². The second-order valence-corrected chi connectivity index (χ2v) is 2.25. The predicted molar refractivity (Wildman–Crippen MR) is 40.2 cm³/mol. The number of aryl methyl sites for hydroxylation is 1. The van der Waals surface area contributed by atoms with E-state index in [1.54, 1.807) is 6.92 Å². The van der Waals surface area contributed by atoms with Gasteiger partial charge < -0.3 is 9.72 Å². The molecule has 0 aliphatic rings. The third-order valence-corrected chi connectivity index (χ3v) is 1.46.